The molecule has 2 heterocycles. The molecule has 0 aliphatic heterocycles. The molecule has 13 aromatic rings. The lowest BCUT2D eigenvalue weighted by Gasteiger charge is -2.23. The first kappa shape index (κ1) is 35.1. The summed E-state index contributed by atoms with van der Waals surface area (Å²) in [5.74, 6) is 0. The summed E-state index contributed by atoms with van der Waals surface area (Å²) >= 11 is 1.83. The van der Waals surface area contributed by atoms with Gasteiger partial charge in [-0.3, -0.25) is 0 Å². The van der Waals surface area contributed by atoms with Gasteiger partial charge in [-0.15, -0.1) is 11.3 Å². The average molecular weight is 819 g/mol. The van der Waals surface area contributed by atoms with Gasteiger partial charge in [-0.25, -0.2) is 0 Å². The van der Waals surface area contributed by atoms with E-state index in [2.05, 4.69) is 208 Å². The van der Waals surface area contributed by atoms with Crippen LogP contribution < -0.4 is 0 Å². The van der Waals surface area contributed by atoms with Crippen molar-refractivity contribution in [2.24, 2.45) is 0 Å². The molecule has 0 N–H and O–H groups in total. The zero-order valence-electron chi connectivity index (χ0n) is 34.8. The van der Waals surface area contributed by atoms with Crippen LogP contribution in [0.3, 0.4) is 0 Å². The zero-order chi connectivity index (χ0) is 41.6. The van der Waals surface area contributed by atoms with Gasteiger partial charge in [0, 0.05) is 37.2 Å². The molecule has 1 aliphatic carbocycles. The molecule has 63 heavy (non-hydrogen) atoms. The van der Waals surface area contributed by atoms with Crippen molar-refractivity contribution in [3.05, 3.63) is 205 Å². The van der Waals surface area contributed by atoms with E-state index in [1.165, 1.54) is 124 Å². The first-order valence-electron chi connectivity index (χ1n) is 21.9. The van der Waals surface area contributed by atoms with Crippen LogP contribution in [0.25, 0.3) is 130 Å². The molecule has 11 aromatic carbocycles. The third-order valence-electron chi connectivity index (χ3n) is 14.2. The summed E-state index contributed by atoms with van der Waals surface area (Å²) in [7, 11) is 0. The van der Waals surface area contributed by atoms with Crippen molar-refractivity contribution < 1.29 is 4.42 Å². The van der Waals surface area contributed by atoms with Gasteiger partial charge < -0.3 is 4.42 Å². The van der Waals surface area contributed by atoms with Crippen LogP contribution in [0.1, 0.15) is 25.0 Å². The quantitative estimate of drug-likeness (QED) is 0.162. The minimum Gasteiger partial charge on any atom is -0.454 e. The lowest BCUT2D eigenvalue weighted by molar-refractivity contribution is 0.660. The highest BCUT2D eigenvalue weighted by Crippen LogP contribution is 2.54. The van der Waals surface area contributed by atoms with E-state index in [4.69, 9.17) is 4.42 Å². The number of furan rings is 1. The molecule has 0 saturated heterocycles. The van der Waals surface area contributed by atoms with Gasteiger partial charge in [0.2, 0.25) is 0 Å². The van der Waals surface area contributed by atoms with Crippen molar-refractivity contribution in [1.82, 2.24) is 0 Å². The van der Waals surface area contributed by atoms with Crippen LogP contribution in [0.5, 0.6) is 0 Å². The highest BCUT2D eigenvalue weighted by Gasteiger charge is 2.36. The molecule has 0 bridgehead atoms. The van der Waals surface area contributed by atoms with Crippen LogP contribution in [0.15, 0.2) is 199 Å². The molecule has 294 valence electrons. The molecule has 0 radical (unpaired) electrons. The average Bonchev–Trinajstić information content (AvgIpc) is 3.98. The molecule has 0 unspecified atom stereocenters. The maximum atomic E-state index is 7.12. The molecular weight excluding hydrogens is 781 g/mol. The zero-order valence-corrected chi connectivity index (χ0v) is 35.6. The minimum atomic E-state index is -0.196. The van der Waals surface area contributed by atoms with E-state index in [-0.39, 0.29) is 5.41 Å². The van der Waals surface area contributed by atoms with Gasteiger partial charge in [0.1, 0.15) is 5.58 Å². The summed E-state index contributed by atoms with van der Waals surface area (Å²) < 4.78 is 9.62. The number of rotatable bonds is 3. The number of thiophene rings is 1. The van der Waals surface area contributed by atoms with E-state index in [9.17, 15) is 0 Å². The molecule has 1 aliphatic rings. The Morgan fingerprint density at radius 1 is 0.365 bits per heavy atom. The van der Waals surface area contributed by atoms with Crippen molar-refractivity contribution in [3.8, 4) is 44.5 Å². The second kappa shape index (κ2) is 12.8. The van der Waals surface area contributed by atoms with Crippen LogP contribution >= 0.6 is 11.3 Å². The summed E-state index contributed by atoms with van der Waals surface area (Å²) in [6, 6.07) is 72.3. The Kier molecular flexibility index (Phi) is 7.12. The monoisotopic (exact) mass is 818 g/mol. The van der Waals surface area contributed by atoms with Crippen molar-refractivity contribution in [2.75, 3.05) is 0 Å². The fourth-order valence-electron chi connectivity index (χ4n) is 11.3. The fraction of sp³-hybridized carbons (Fsp3) is 0.0492. The smallest absolute Gasteiger partial charge is 0.153 e. The van der Waals surface area contributed by atoms with Crippen LogP contribution in [0.2, 0.25) is 0 Å². The molecule has 2 heteroatoms. The van der Waals surface area contributed by atoms with Gasteiger partial charge in [0.05, 0.1) is 4.70 Å². The Morgan fingerprint density at radius 3 is 1.76 bits per heavy atom. The Balaban J connectivity index is 0.966. The summed E-state index contributed by atoms with van der Waals surface area (Å²) in [5.41, 5.74) is 14.4. The number of hydrogen-bond acceptors (Lipinski definition) is 2. The lowest BCUT2D eigenvalue weighted by Crippen LogP contribution is -2.15. The number of hydrogen-bond donors (Lipinski definition) is 0. The standard InChI is InChI=1S/C61H38OS/c1-61(2)52-31-27-37(50-32-36-15-4-6-18-40(36)57-49-30-29-48-42-19-11-12-25-54(42)63-60(48)59(49)62-58(50)57)33-51(52)41-28-26-38(34-53(41)61)55-44-20-7-9-22-46(44)56(47-23-10-8-21-45(47)55)43-24-13-16-35-14-3-5-17-39(35)43/h3-34H,1-2H3. The maximum Gasteiger partial charge on any atom is 0.153 e. The van der Waals surface area contributed by atoms with E-state index in [0.29, 0.717) is 0 Å². The van der Waals surface area contributed by atoms with Crippen LogP contribution in [0, 0.1) is 0 Å². The predicted octanol–water partition coefficient (Wildman–Crippen LogP) is 17.9. The van der Waals surface area contributed by atoms with Gasteiger partial charge in [0.15, 0.2) is 5.58 Å². The lowest BCUT2D eigenvalue weighted by atomic mass is 9.80. The van der Waals surface area contributed by atoms with Gasteiger partial charge in [-0.05, 0) is 123 Å². The molecule has 0 atom stereocenters. The van der Waals surface area contributed by atoms with E-state index in [1.807, 2.05) is 11.3 Å². The Bertz CT molecular complexity index is 4060. The largest absolute Gasteiger partial charge is 0.454 e. The van der Waals surface area contributed by atoms with Gasteiger partial charge in [0.25, 0.3) is 0 Å². The van der Waals surface area contributed by atoms with Crippen molar-refractivity contribution in [3.63, 3.8) is 0 Å². The van der Waals surface area contributed by atoms with Gasteiger partial charge in [-0.1, -0.05) is 178 Å². The second-order valence-electron chi connectivity index (χ2n) is 17.9. The van der Waals surface area contributed by atoms with E-state index >= 15 is 0 Å². The summed E-state index contributed by atoms with van der Waals surface area (Å²) in [4.78, 5) is 0. The van der Waals surface area contributed by atoms with Crippen LogP contribution in [-0.4, -0.2) is 0 Å². The molecule has 14 rings (SSSR count). The normalized spacial score (nSPS) is 13.4. The van der Waals surface area contributed by atoms with Gasteiger partial charge in [-0.2, -0.15) is 0 Å². The predicted molar refractivity (Wildman–Crippen MR) is 271 cm³/mol. The summed E-state index contributed by atoms with van der Waals surface area (Å²) in [6.07, 6.45) is 0. The van der Waals surface area contributed by atoms with Crippen molar-refractivity contribution in [2.45, 2.75) is 19.3 Å². The third-order valence-corrected chi connectivity index (χ3v) is 15.4. The summed E-state index contributed by atoms with van der Waals surface area (Å²) in [6.45, 7) is 4.79. The fourth-order valence-corrected chi connectivity index (χ4v) is 12.5. The summed E-state index contributed by atoms with van der Waals surface area (Å²) in [5, 5.41) is 15.0. The Morgan fingerprint density at radius 2 is 0.984 bits per heavy atom. The number of fused-ring (bicyclic) bond motifs is 15. The first-order chi connectivity index (χ1) is 31.0. The van der Waals surface area contributed by atoms with Crippen LogP contribution in [-0.2, 0) is 5.41 Å². The minimum absolute atomic E-state index is 0.196. The molecule has 2 aromatic heterocycles. The van der Waals surface area contributed by atoms with Crippen LogP contribution in [0.4, 0.5) is 0 Å². The van der Waals surface area contributed by atoms with Gasteiger partial charge >= 0.3 is 0 Å². The highest BCUT2D eigenvalue weighted by atomic mass is 32.1. The molecule has 1 nitrogen and oxygen atoms in total. The molecule has 0 saturated carbocycles. The molecule has 0 fully saturated rings. The van der Waals surface area contributed by atoms with E-state index in [0.717, 1.165) is 16.7 Å². The maximum absolute atomic E-state index is 7.12. The highest BCUT2D eigenvalue weighted by molar-refractivity contribution is 7.26. The molecule has 0 amide bonds. The Hall–Kier alpha value is -7.52. The van der Waals surface area contributed by atoms with Crippen molar-refractivity contribution in [1.29, 1.82) is 0 Å². The van der Waals surface area contributed by atoms with E-state index < -0.39 is 0 Å². The topological polar surface area (TPSA) is 13.1 Å². The number of benzene rings is 11. The second-order valence-corrected chi connectivity index (χ2v) is 18.9. The molecule has 0 spiro atoms. The third kappa shape index (κ3) is 4.82. The Labute approximate surface area is 368 Å². The molecular formula is C61H38OS. The SMILES string of the molecule is CC1(C)c2ccc(-c3cc4ccccc4c4c3oc3c4ccc4c5ccccc5sc43)cc2-c2ccc(-c3c4ccccc4c(-c4cccc5ccccc45)c4ccccc34)cc21. The van der Waals surface area contributed by atoms with Crippen molar-refractivity contribution >= 4 is 96.5 Å². The first-order valence-corrected chi connectivity index (χ1v) is 22.7. The van der Waals surface area contributed by atoms with E-state index in [1.54, 1.807) is 0 Å².